The summed E-state index contributed by atoms with van der Waals surface area (Å²) in [4.78, 5) is 0. The fraction of sp³-hybridized carbons (Fsp3) is 0.882. The molecule has 0 saturated heterocycles. The lowest BCUT2D eigenvalue weighted by Gasteiger charge is -2.50. The van der Waals surface area contributed by atoms with Gasteiger partial charge >= 0.3 is 0 Å². The van der Waals surface area contributed by atoms with E-state index in [2.05, 4.69) is 33.8 Å². The van der Waals surface area contributed by atoms with Crippen LogP contribution in [-0.2, 0) is 4.74 Å². The summed E-state index contributed by atoms with van der Waals surface area (Å²) in [6.45, 7) is 11.7. The molecule has 0 radical (unpaired) electrons. The maximum absolute atomic E-state index is 10.8. The minimum absolute atomic E-state index is 0.212. The van der Waals surface area contributed by atoms with Crippen molar-refractivity contribution in [1.29, 1.82) is 0 Å². The highest BCUT2D eigenvalue weighted by Gasteiger charge is 2.48. The van der Waals surface area contributed by atoms with Gasteiger partial charge in [-0.3, -0.25) is 0 Å². The summed E-state index contributed by atoms with van der Waals surface area (Å²) in [5.74, 6) is 2.29. The average molecular weight is 266 g/mol. The Labute approximate surface area is 118 Å². The molecule has 0 amide bonds. The molecule has 0 aromatic rings. The lowest BCUT2D eigenvalue weighted by atomic mass is 9.58. The van der Waals surface area contributed by atoms with Gasteiger partial charge in [0.15, 0.2) is 0 Å². The number of aliphatic hydroxyl groups is 1. The van der Waals surface area contributed by atoms with Crippen molar-refractivity contribution < 1.29 is 9.84 Å². The summed E-state index contributed by atoms with van der Waals surface area (Å²) in [5.41, 5.74) is 0.842. The maximum Gasteiger partial charge on any atom is 0.0786 e. The number of fused-ring (bicyclic) bond motifs is 1. The SMILES string of the molecule is CCO[C@H]1C[C@H]2[C@@H](C=C1C)[C@H](C(C)C)CC[C@]2(C)O. The Balaban J connectivity index is 2.28. The molecule has 0 heterocycles. The quantitative estimate of drug-likeness (QED) is 0.788. The summed E-state index contributed by atoms with van der Waals surface area (Å²) in [6.07, 6.45) is 5.69. The Morgan fingerprint density at radius 2 is 2.16 bits per heavy atom. The Morgan fingerprint density at radius 3 is 2.74 bits per heavy atom. The predicted molar refractivity (Wildman–Crippen MR) is 79.0 cm³/mol. The zero-order valence-corrected chi connectivity index (χ0v) is 13.1. The Kier molecular flexibility index (Phi) is 4.42. The van der Waals surface area contributed by atoms with Crippen molar-refractivity contribution in [2.45, 2.75) is 65.6 Å². The van der Waals surface area contributed by atoms with Crippen LogP contribution < -0.4 is 0 Å². The van der Waals surface area contributed by atoms with Crippen LogP contribution in [0.4, 0.5) is 0 Å². The molecule has 2 aliphatic carbocycles. The highest BCUT2D eigenvalue weighted by Crippen LogP contribution is 2.50. The van der Waals surface area contributed by atoms with Gasteiger partial charge in [-0.25, -0.2) is 0 Å². The Morgan fingerprint density at radius 1 is 1.47 bits per heavy atom. The van der Waals surface area contributed by atoms with Crippen LogP contribution in [0.1, 0.15) is 53.9 Å². The first kappa shape index (κ1) is 15.1. The zero-order valence-electron chi connectivity index (χ0n) is 13.1. The molecule has 2 rings (SSSR count). The lowest BCUT2D eigenvalue weighted by Crippen LogP contribution is -2.50. The second kappa shape index (κ2) is 5.57. The first-order valence-corrected chi connectivity index (χ1v) is 7.89. The van der Waals surface area contributed by atoms with Crippen LogP contribution in [0, 0.1) is 23.7 Å². The molecule has 2 aliphatic rings. The molecule has 0 aromatic heterocycles. The van der Waals surface area contributed by atoms with Crippen LogP contribution in [0.3, 0.4) is 0 Å². The molecular weight excluding hydrogens is 236 g/mol. The van der Waals surface area contributed by atoms with Gasteiger partial charge in [0.05, 0.1) is 11.7 Å². The van der Waals surface area contributed by atoms with Gasteiger partial charge in [-0.15, -0.1) is 0 Å². The standard InChI is InChI=1S/C17H30O2/c1-6-19-16-10-15-14(9-12(16)4)13(11(2)3)7-8-17(15,5)18/h9,11,13-16,18H,6-8,10H2,1-5H3/t13-,14-,15-,16-,17-/m0/s1. The van der Waals surface area contributed by atoms with Crippen LogP contribution in [0.2, 0.25) is 0 Å². The van der Waals surface area contributed by atoms with Gasteiger partial charge in [0.1, 0.15) is 0 Å². The fourth-order valence-electron chi connectivity index (χ4n) is 4.21. The monoisotopic (exact) mass is 266 g/mol. The van der Waals surface area contributed by atoms with Crippen molar-refractivity contribution in [3.63, 3.8) is 0 Å². The van der Waals surface area contributed by atoms with Gasteiger partial charge in [-0.05, 0) is 69.3 Å². The summed E-state index contributed by atoms with van der Waals surface area (Å²) >= 11 is 0. The van der Waals surface area contributed by atoms with Crippen LogP contribution in [0.25, 0.3) is 0 Å². The van der Waals surface area contributed by atoms with Crippen LogP contribution in [-0.4, -0.2) is 23.4 Å². The highest BCUT2D eigenvalue weighted by molar-refractivity contribution is 5.18. The van der Waals surface area contributed by atoms with Crippen molar-refractivity contribution >= 4 is 0 Å². The summed E-state index contributed by atoms with van der Waals surface area (Å²) in [6, 6.07) is 0. The summed E-state index contributed by atoms with van der Waals surface area (Å²) in [5, 5.41) is 10.8. The Hall–Kier alpha value is -0.340. The number of hydrogen-bond donors (Lipinski definition) is 1. The van der Waals surface area contributed by atoms with Gasteiger partial charge in [-0.1, -0.05) is 19.9 Å². The van der Waals surface area contributed by atoms with E-state index in [1.807, 2.05) is 6.92 Å². The topological polar surface area (TPSA) is 29.5 Å². The van der Waals surface area contributed by atoms with E-state index < -0.39 is 5.60 Å². The minimum atomic E-state index is -0.525. The molecule has 0 spiro atoms. The lowest BCUT2D eigenvalue weighted by molar-refractivity contribution is -0.0987. The average Bonchev–Trinajstić information content (AvgIpc) is 2.30. The van der Waals surface area contributed by atoms with Gasteiger partial charge in [-0.2, -0.15) is 0 Å². The van der Waals surface area contributed by atoms with Crippen molar-refractivity contribution in [2.24, 2.45) is 23.7 Å². The van der Waals surface area contributed by atoms with E-state index in [-0.39, 0.29) is 6.10 Å². The molecule has 0 aromatic carbocycles. The molecule has 1 saturated carbocycles. The maximum atomic E-state index is 10.8. The molecule has 5 atom stereocenters. The van der Waals surface area contributed by atoms with Crippen molar-refractivity contribution in [3.8, 4) is 0 Å². The smallest absolute Gasteiger partial charge is 0.0786 e. The van der Waals surface area contributed by atoms with Crippen molar-refractivity contribution in [3.05, 3.63) is 11.6 Å². The number of hydrogen-bond acceptors (Lipinski definition) is 2. The summed E-state index contributed by atoms with van der Waals surface area (Å²) < 4.78 is 5.85. The largest absolute Gasteiger partial charge is 0.390 e. The summed E-state index contributed by atoms with van der Waals surface area (Å²) in [7, 11) is 0. The van der Waals surface area contributed by atoms with Crippen LogP contribution >= 0.6 is 0 Å². The molecule has 1 fully saturated rings. The first-order chi connectivity index (χ1) is 8.86. The number of rotatable bonds is 3. The number of ether oxygens (including phenoxy) is 1. The van der Waals surface area contributed by atoms with Crippen molar-refractivity contribution in [2.75, 3.05) is 6.61 Å². The van der Waals surface area contributed by atoms with E-state index in [0.29, 0.717) is 23.7 Å². The number of allylic oxidation sites excluding steroid dienone is 1. The Bertz CT molecular complexity index is 343. The van der Waals surface area contributed by atoms with Crippen LogP contribution in [0.15, 0.2) is 11.6 Å². The molecule has 0 unspecified atom stereocenters. The van der Waals surface area contributed by atoms with E-state index in [9.17, 15) is 5.11 Å². The second-order valence-electron chi connectivity index (χ2n) is 7.08. The van der Waals surface area contributed by atoms with Crippen molar-refractivity contribution in [1.82, 2.24) is 0 Å². The third kappa shape index (κ3) is 2.90. The van der Waals surface area contributed by atoms with Gasteiger partial charge in [0.2, 0.25) is 0 Å². The highest BCUT2D eigenvalue weighted by atomic mass is 16.5. The van der Waals surface area contributed by atoms with Gasteiger partial charge in [0, 0.05) is 6.61 Å². The second-order valence-corrected chi connectivity index (χ2v) is 7.08. The molecule has 2 heteroatoms. The van der Waals surface area contributed by atoms with E-state index in [1.54, 1.807) is 0 Å². The molecule has 0 aliphatic heterocycles. The molecule has 110 valence electrons. The molecular formula is C17H30O2. The molecule has 2 nitrogen and oxygen atoms in total. The fourth-order valence-corrected chi connectivity index (χ4v) is 4.21. The van der Waals surface area contributed by atoms with E-state index in [0.717, 1.165) is 25.9 Å². The van der Waals surface area contributed by atoms with Crippen LogP contribution in [0.5, 0.6) is 0 Å². The molecule has 1 N–H and O–H groups in total. The van der Waals surface area contributed by atoms with E-state index >= 15 is 0 Å². The minimum Gasteiger partial charge on any atom is -0.390 e. The third-order valence-corrected chi connectivity index (χ3v) is 5.40. The van der Waals surface area contributed by atoms with Gasteiger partial charge in [0.25, 0.3) is 0 Å². The van der Waals surface area contributed by atoms with E-state index in [4.69, 9.17) is 4.74 Å². The normalized spacial score (nSPS) is 43.0. The third-order valence-electron chi connectivity index (χ3n) is 5.40. The van der Waals surface area contributed by atoms with Gasteiger partial charge < -0.3 is 9.84 Å². The zero-order chi connectivity index (χ0) is 14.2. The first-order valence-electron chi connectivity index (χ1n) is 7.89. The van der Waals surface area contributed by atoms with E-state index in [1.165, 1.54) is 5.57 Å². The molecule has 0 bridgehead atoms. The molecule has 19 heavy (non-hydrogen) atoms. The predicted octanol–water partition coefficient (Wildman–Crippen LogP) is 3.79.